The van der Waals surface area contributed by atoms with Gasteiger partial charge >= 0.3 is 12.0 Å². The molecular weight excluding hydrogens is 268 g/mol. The monoisotopic (exact) mass is 300 g/mol. The highest BCUT2D eigenvalue weighted by atomic mass is 16.4. The molecule has 0 radical (unpaired) electrons. The molecule has 5 heteroatoms. The summed E-state index contributed by atoms with van der Waals surface area (Å²) in [7, 11) is 0. The van der Waals surface area contributed by atoms with E-state index in [9.17, 15) is 9.59 Å². The van der Waals surface area contributed by atoms with Crippen molar-refractivity contribution in [3.8, 4) is 0 Å². The van der Waals surface area contributed by atoms with Crippen LogP contribution in [0.1, 0.15) is 66.2 Å². The Morgan fingerprint density at radius 3 is 2.38 bits per heavy atom. The summed E-state index contributed by atoms with van der Waals surface area (Å²) in [5.74, 6) is -1.14. The lowest BCUT2D eigenvalue weighted by Crippen LogP contribution is -2.41. The molecule has 0 bridgehead atoms. The fourth-order valence-electron chi connectivity index (χ4n) is 2.06. The van der Waals surface area contributed by atoms with Crippen LogP contribution in [0.5, 0.6) is 0 Å². The number of hydrogen-bond acceptors (Lipinski definition) is 2. The number of unbranched alkanes of at least 4 members (excludes halogenated alkanes) is 2. The minimum Gasteiger partial charge on any atom is -0.481 e. The summed E-state index contributed by atoms with van der Waals surface area (Å²) >= 11 is 0. The highest BCUT2D eigenvalue weighted by Gasteiger charge is 2.18. The smallest absolute Gasteiger partial charge is 0.314 e. The van der Waals surface area contributed by atoms with Crippen molar-refractivity contribution in [2.24, 2.45) is 11.3 Å². The van der Waals surface area contributed by atoms with E-state index in [4.69, 9.17) is 5.11 Å². The van der Waals surface area contributed by atoms with Crippen LogP contribution in [0.4, 0.5) is 4.79 Å². The Morgan fingerprint density at radius 2 is 1.81 bits per heavy atom. The molecule has 0 aliphatic heterocycles. The minimum absolute atomic E-state index is 0.115. The maximum Gasteiger partial charge on any atom is 0.314 e. The quantitative estimate of drug-likeness (QED) is 0.512. The fourth-order valence-corrected chi connectivity index (χ4v) is 2.06. The second kappa shape index (κ2) is 10.5. The first-order valence-corrected chi connectivity index (χ1v) is 8.03. The van der Waals surface area contributed by atoms with E-state index in [-0.39, 0.29) is 17.4 Å². The van der Waals surface area contributed by atoms with Crippen LogP contribution < -0.4 is 10.6 Å². The van der Waals surface area contributed by atoms with E-state index in [0.717, 1.165) is 6.42 Å². The molecule has 0 spiro atoms. The van der Waals surface area contributed by atoms with Gasteiger partial charge in [0.05, 0.1) is 5.92 Å². The molecule has 0 aliphatic rings. The molecule has 0 aromatic carbocycles. The van der Waals surface area contributed by atoms with E-state index < -0.39 is 5.97 Å². The second-order valence-corrected chi connectivity index (χ2v) is 6.61. The Hall–Kier alpha value is -1.26. The zero-order chi connectivity index (χ0) is 16.3. The highest BCUT2D eigenvalue weighted by molar-refractivity contribution is 5.73. The van der Waals surface area contributed by atoms with Crippen LogP contribution in [0.25, 0.3) is 0 Å². The van der Waals surface area contributed by atoms with Crippen molar-refractivity contribution in [2.45, 2.75) is 66.2 Å². The van der Waals surface area contributed by atoms with Gasteiger partial charge in [-0.05, 0) is 24.7 Å². The number of carboxylic acid groups (broad SMARTS) is 1. The van der Waals surface area contributed by atoms with E-state index in [1.165, 1.54) is 19.3 Å². The third-order valence-corrected chi connectivity index (χ3v) is 3.71. The number of amides is 2. The summed E-state index contributed by atoms with van der Waals surface area (Å²) < 4.78 is 0. The van der Waals surface area contributed by atoms with Gasteiger partial charge in [-0.25, -0.2) is 4.79 Å². The fraction of sp³-hybridized carbons (Fsp3) is 0.875. The summed E-state index contributed by atoms with van der Waals surface area (Å²) in [4.78, 5) is 22.3. The molecule has 0 fully saturated rings. The van der Waals surface area contributed by atoms with Crippen LogP contribution >= 0.6 is 0 Å². The molecule has 0 rings (SSSR count). The summed E-state index contributed by atoms with van der Waals surface area (Å²) in [6, 6.07) is -0.165. The first-order valence-electron chi connectivity index (χ1n) is 8.03. The summed E-state index contributed by atoms with van der Waals surface area (Å²) in [6.07, 6.45) is 6.01. The van der Waals surface area contributed by atoms with Crippen molar-refractivity contribution in [3.63, 3.8) is 0 Å². The number of rotatable bonds is 11. The molecule has 1 unspecified atom stereocenters. The number of aliphatic carboxylic acids is 1. The lowest BCUT2D eigenvalue weighted by molar-refractivity contribution is -0.141. The number of urea groups is 1. The molecule has 0 saturated heterocycles. The van der Waals surface area contributed by atoms with Crippen LogP contribution in [0.3, 0.4) is 0 Å². The molecule has 0 saturated carbocycles. The Balaban J connectivity index is 3.72. The van der Waals surface area contributed by atoms with Gasteiger partial charge < -0.3 is 15.7 Å². The number of hydrogen-bond donors (Lipinski definition) is 3. The molecular formula is C16H32N2O3. The van der Waals surface area contributed by atoms with E-state index in [2.05, 4.69) is 31.4 Å². The Bertz CT molecular complexity index is 317. The average molecular weight is 300 g/mol. The van der Waals surface area contributed by atoms with E-state index >= 15 is 0 Å². The van der Waals surface area contributed by atoms with Gasteiger partial charge in [0.25, 0.3) is 0 Å². The summed E-state index contributed by atoms with van der Waals surface area (Å²) in [5, 5.41) is 14.4. The largest absolute Gasteiger partial charge is 0.481 e. The molecule has 0 aromatic rings. The van der Waals surface area contributed by atoms with Gasteiger partial charge in [0.2, 0.25) is 0 Å². The normalized spacial score (nSPS) is 12.8. The van der Waals surface area contributed by atoms with Crippen LogP contribution in [-0.2, 0) is 4.79 Å². The highest BCUT2D eigenvalue weighted by Crippen LogP contribution is 2.22. The molecule has 124 valence electrons. The third kappa shape index (κ3) is 11.1. The van der Waals surface area contributed by atoms with Crippen molar-refractivity contribution in [2.75, 3.05) is 13.1 Å². The van der Waals surface area contributed by atoms with Gasteiger partial charge in [-0.2, -0.15) is 0 Å². The maximum absolute atomic E-state index is 11.7. The molecule has 2 amide bonds. The zero-order valence-corrected chi connectivity index (χ0v) is 14.0. The van der Waals surface area contributed by atoms with Gasteiger partial charge in [-0.15, -0.1) is 0 Å². The Kier molecular flexibility index (Phi) is 9.84. The zero-order valence-electron chi connectivity index (χ0n) is 14.0. The Morgan fingerprint density at radius 1 is 1.14 bits per heavy atom. The van der Waals surface area contributed by atoms with Crippen molar-refractivity contribution in [1.82, 2.24) is 10.6 Å². The van der Waals surface area contributed by atoms with Gasteiger partial charge in [0.1, 0.15) is 0 Å². The van der Waals surface area contributed by atoms with Crippen LogP contribution in [0, 0.1) is 11.3 Å². The van der Waals surface area contributed by atoms with E-state index in [1.54, 1.807) is 6.92 Å². The van der Waals surface area contributed by atoms with E-state index in [1.807, 2.05) is 0 Å². The summed E-state index contributed by atoms with van der Waals surface area (Å²) in [6.45, 7) is 9.37. The van der Waals surface area contributed by atoms with Gasteiger partial charge in [0.15, 0.2) is 0 Å². The third-order valence-electron chi connectivity index (χ3n) is 3.71. The number of carboxylic acids is 1. The predicted octanol–water partition coefficient (Wildman–Crippen LogP) is 3.39. The van der Waals surface area contributed by atoms with Crippen LogP contribution in [0.2, 0.25) is 0 Å². The van der Waals surface area contributed by atoms with E-state index in [0.29, 0.717) is 25.9 Å². The average Bonchev–Trinajstić information content (AvgIpc) is 2.41. The number of carbonyl (C=O) groups excluding carboxylic acids is 1. The maximum atomic E-state index is 11.7. The molecule has 0 aliphatic carbocycles. The molecule has 0 aromatic heterocycles. The molecule has 1 atom stereocenters. The van der Waals surface area contributed by atoms with Crippen molar-refractivity contribution in [1.29, 1.82) is 0 Å². The molecule has 0 heterocycles. The minimum atomic E-state index is -0.784. The Labute approximate surface area is 128 Å². The topological polar surface area (TPSA) is 78.4 Å². The number of nitrogens with one attached hydrogen (secondary N) is 2. The predicted molar refractivity (Wildman–Crippen MR) is 85.4 cm³/mol. The first kappa shape index (κ1) is 19.7. The lowest BCUT2D eigenvalue weighted by atomic mass is 9.87. The molecule has 3 N–H and O–H groups in total. The first-order chi connectivity index (χ1) is 9.78. The van der Waals surface area contributed by atoms with Gasteiger partial charge in [-0.1, -0.05) is 47.0 Å². The molecule has 5 nitrogen and oxygen atoms in total. The van der Waals surface area contributed by atoms with Crippen LogP contribution in [-0.4, -0.2) is 30.2 Å². The second-order valence-electron chi connectivity index (χ2n) is 6.61. The van der Waals surface area contributed by atoms with Crippen molar-refractivity contribution < 1.29 is 14.7 Å². The summed E-state index contributed by atoms with van der Waals surface area (Å²) in [5.41, 5.74) is 0.115. The lowest BCUT2D eigenvalue weighted by Gasteiger charge is -2.25. The SMILES string of the molecule is CCCCCC(C)(C)CNC(=O)NCCCC(C)C(=O)O. The van der Waals surface area contributed by atoms with Gasteiger partial charge in [0, 0.05) is 13.1 Å². The van der Waals surface area contributed by atoms with Crippen molar-refractivity contribution in [3.05, 3.63) is 0 Å². The van der Waals surface area contributed by atoms with Crippen molar-refractivity contribution >= 4 is 12.0 Å². The van der Waals surface area contributed by atoms with Gasteiger partial charge in [-0.3, -0.25) is 4.79 Å². The van der Waals surface area contributed by atoms with Crippen LogP contribution in [0.15, 0.2) is 0 Å². The standard InChI is InChI=1S/C16H32N2O3/c1-5-6-7-10-16(3,4)12-18-15(21)17-11-8-9-13(2)14(19)20/h13H,5-12H2,1-4H3,(H,19,20)(H2,17,18,21). The molecule has 21 heavy (non-hydrogen) atoms. The number of carbonyl (C=O) groups is 2.